The van der Waals surface area contributed by atoms with E-state index in [-0.39, 0.29) is 17.7 Å². The highest BCUT2D eigenvalue weighted by Gasteiger charge is 2.29. The third kappa shape index (κ3) is 5.97. The van der Waals surface area contributed by atoms with Crippen LogP contribution in [0, 0.1) is 11.7 Å². The van der Waals surface area contributed by atoms with Gasteiger partial charge in [-0.1, -0.05) is 26.0 Å². The van der Waals surface area contributed by atoms with Crippen molar-refractivity contribution in [2.24, 2.45) is 13.0 Å². The summed E-state index contributed by atoms with van der Waals surface area (Å²) in [5.41, 5.74) is 0.973. The van der Waals surface area contributed by atoms with E-state index in [1.54, 1.807) is 60.4 Å². The monoisotopic (exact) mass is 452 g/mol. The van der Waals surface area contributed by atoms with Gasteiger partial charge in [-0.2, -0.15) is 0 Å². The van der Waals surface area contributed by atoms with E-state index in [9.17, 15) is 14.0 Å². The lowest BCUT2D eigenvalue weighted by molar-refractivity contribution is -0.124. The first kappa shape index (κ1) is 24.0. The molecule has 8 heteroatoms. The second-order valence-corrected chi connectivity index (χ2v) is 8.05. The van der Waals surface area contributed by atoms with Gasteiger partial charge in [-0.25, -0.2) is 9.37 Å². The molecule has 0 bridgehead atoms. The van der Waals surface area contributed by atoms with Crippen molar-refractivity contribution < 1.29 is 18.7 Å². The molecule has 33 heavy (non-hydrogen) atoms. The van der Waals surface area contributed by atoms with Crippen LogP contribution in [0.1, 0.15) is 48.6 Å². The highest BCUT2D eigenvalue weighted by molar-refractivity contribution is 5.97. The van der Waals surface area contributed by atoms with Gasteiger partial charge in [0.05, 0.1) is 6.61 Å². The topological polar surface area (TPSA) is 85.2 Å². The molecule has 2 aromatic carbocycles. The average molecular weight is 453 g/mol. The molecule has 1 unspecified atom stereocenters. The molecule has 0 aliphatic heterocycles. The Morgan fingerprint density at radius 3 is 2.42 bits per heavy atom. The van der Waals surface area contributed by atoms with E-state index in [1.807, 2.05) is 20.8 Å². The number of nitrogens with one attached hydrogen (secondary N) is 2. The first-order valence-corrected chi connectivity index (χ1v) is 10.9. The largest absolute Gasteiger partial charge is 0.494 e. The van der Waals surface area contributed by atoms with E-state index in [4.69, 9.17) is 4.74 Å². The van der Waals surface area contributed by atoms with Crippen LogP contribution in [0.25, 0.3) is 0 Å². The van der Waals surface area contributed by atoms with E-state index in [2.05, 4.69) is 15.6 Å². The quantitative estimate of drug-likeness (QED) is 0.519. The van der Waals surface area contributed by atoms with Crippen molar-refractivity contribution >= 4 is 11.8 Å². The summed E-state index contributed by atoms with van der Waals surface area (Å²) in [6.07, 6.45) is 3.36. The summed E-state index contributed by atoms with van der Waals surface area (Å²) in [6, 6.07) is 11.3. The molecule has 0 spiro atoms. The average Bonchev–Trinajstić information content (AvgIpc) is 3.21. The van der Waals surface area contributed by atoms with E-state index in [0.29, 0.717) is 29.3 Å². The van der Waals surface area contributed by atoms with Crippen LogP contribution in [-0.2, 0) is 11.8 Å². The number of nitrogens with zero attached hydrogens (tertiary/aromatic N) is 2. The number of hydrogen-bond acceptors (Lipinski definition) is 4. The van der Waals surface area contributed by atoms with Gasteiger partial charge in [-0.15, -0.1) is 0 Å². The van der Waals surface area contributed by atoms with E-state index in [1.165, 1.54) is 12.1 Å². The van der Waals surface area contributed by atoms with Gasteiger partial charge in [0, 0.05) is 25.0 Å². The summed E-state index contributed by atoms with van der Waals surface area (Å²) in [5.74, 6) is -0.140. The minimum atomic E-state index is -0.805. The number of ether oxygens (including phenoxy) is 1. The number of benzene rings is 2. The third-order valence-corrected chi connectivity index (χ3v) is 5.25. The van der Waals surface area contributed by atoms with Crippen LogP contribution in [0.2, 0.25) is 0 Å². The fraction of sp³-hybridized carbons (Fsp3) is 0.320. The van der Waals surface area contributed by atoms with Crippen molar-refractivity contribution in [3.05, 3.63) is 83.7 Å². The maximum atomic E-state index is 13.9. The lowest BCUT2D eigenvalue weighted by atomic mass is 10.0. The number of carbonyl (C=O) groups is 2. The molecule has 0 saturated heterocycles. The molecular weight excluding hydrogens is 423 g/mol. The van der Waals surface area contributed by atoms with Gasteiger partial charge in [0.25, 0.3) is 5.91 Å². The third-order valence-electron chi connectivity index (χ3n) is 5.25. The SMILES string of the molecule is CCOc1ccc(C(=O)N[C@H](C(=O)NC(c2cccc(F)c2)c2nccn2C)C(C)C)cc1. The molecule has 1 aromatic heterocycles. The van der Waals surface area contributed by atoms with E-state index >= 15 is 0 Å². The number of halogens is 1. The van der Waals surface area contributed by atoms with E-state index in [0.717, 1.165) is 0 Å². The predicted molar refractivity (Wildman–Crippen MR) is 123 cm³/mol. The van der Waals surface area contributed by atoms with Gasteiger partial charge in [-0.3, -0.25) is 9.59 Å². The minimum absolute atomic E-state index is 0.189. The Morgan fingerprint density at radius 2 is 1.85 bits per heavy atom. The molecule has 0 aliphatic carbocycles. The molecular formula is C25H29FN4O3. The number of hydrogen-bond donors (Lipinski definition) is 2. The first-order valence-electron chi connectivity index (χ1n) is 10.9. The van der Waals surface area contributed by atoms with Gasteiger partial charge in [0.1, 0.15) is 29.5 Å². The van der Waals surface area contributed by atoms with Crippen LogP contribution in [-0.4, -0.2) is 34.0 Å². The standard InChI is InChI=1S/C25H29FN4O3/c1-5-33-20-11-9-17(10-12-20)24(31)28-21(16(2)3)25(32)29-22(23-27-13-14-30(23)4)18-7-6-8-19(26)15-18/h6-16,21-22H,5H2,1-4H3,(H,28,31)(H,29,32)/t21-,22?/m0/s1. The summed E-state index contributed by atoms with van der Waals surface area (Å²) in [5, 5.41) is 5.76. The van der Waals surface area contributed by atoms with Gasteiger partial charge in [0.2, 0.25) is 5.91 Å². The Bertz CT molecular complexity index is 1100. The van der Waals surface area contributed by atoms with E-state index < -0.39 is 17.9 Å². The number of aryl methyl sites for hydroxylation is 1. The molecule has 0 aliphatic rings. The molecule has 0 fully saturated rings. The van der Waals surface area contributed by atoms with Crippen molar-refractivity contribution in [2.75, 3.05) is 6.61 Å². The van der Waals surface area contributed by atoms with Crippen LogP contribution in [0.4, 0.5) is 4.39 Å². The molecule has 174 valence electrons. The van der Waals surface area contributed by atoms with Gasteiger partial charge in [-0.05, 0) is 54.8 Å². The zero-order valence-corrected chi connectivity index (χ0v) is 19.2. The summed E-state index contributed by atoms with van der Waals surface area (Å²) in [4.78, 5) is 30.4. The Morgan fingerprint density at radius 1 is 1.12 bits per heavy atom. The minimum Gasteiger partial charge on any atom is -0.494 e. The lowest BCUT2D eigenvalue weighted by Crippen LogP contribution is -2.50. The molecule has 0 saturated carbocycles. The number of amides is 2. The molecule has 2 amide bonds. The molecule has 3 aromatic rings. The second kappa shape index (κ2) is 10.8. The van der Waals surface area contributed by atoms with Gasteiger partial charge < -0.3 is 19.9 Å². The van der Waals surface area contributed by atoms with Crippen LogP contribution in [0.15, 0.2) is 60.9 Å². The molecule has 0 radical (unpaired) electrons. The van der Waals surface area contributed by atoms with Crippen molar-refractivity contribution in [3.8, 4) is 5.75 Å². The summed E-state index contributed by atoms with van der Waals surface area (Å²) in [7, 11) is 1.80. The van der Waals surface area contributed by atoms with Crippen LogP contribution < -0.4 is 15.4 Å². The molecule has 2 N–H and O–H groups in total. The van der Waals surface area contributed by atoms with Gasteiger partial charge in [0.15, 0.2) is 0 Å². The van der Waals surface area contributed by atoms with Gasteiger partial charge >= 0.3 is 0 Å². The number of carbonyl (C=O) groups excluding carboxylic acids is 2. The zero-order valence-electron chi connectivity index (χ0n) is 19.2. The second-order valence-electron chi connectivity index (χ2n) is 8.05. The maximum absolute atomic E-state index is 13.9. The highest BCUT2D eigenvalue weighted by Crippen LogP contribution is 2.22. The highest BCUT2D eigenvalue weighted by atomic mass is 19.1. The summed E-state index contributed by atoms with van der Waals surface area (Å²) < 4.78 is 21.1. The molecule has 7 nitrogen and oxygen atoms in total. The molecule has 1 heterocycles. The number of rotatable bonds is 9. The normalized spacial score (nSPS) is 12.8. The van der Waals surface area contributed by atoms with Crippen LogP contribution in [0.3, 0.4) is 0 Å². The fourth-order valence-electron chi connectivity index (χ4n) is 3.50. The number of imidazole rings is 1. The van der Waals surface area contributed by atoms with Crippen LogP contribution in [0.5, 0.6) is 5.75 Å². The van der Waals surface area contributed by atoms with Crippen molar-refractivity contribution in [3.63, 3.8) is 0 Å². The fourth-order valence-corrected chi connectivity index (χ4v) is 3.50. The Balaban J connectivity index is 1.81. The Kier molecular flexibility index (Phi) is 7.82. The maximum Gasteiger partial charge on any atom is 0.251 e. The predicted octanol–water partition coefficient (Wildman–Crippen LogP) is 3.62. The summed E-state index contributed by atoms with van der Waals surface area (Å²) in [6.45, 7) is 6.11. The smallest absolute Gasteiger partial charge is 0.251 e. The first-order chi connectivity index (χ1) is 15.8. The number of aromatic nitrogens is 2. The zero-order chi connectivity index (χ0) is 24.0. The lowest BCUT2D eigenvalue weighted by Gasteiger charge is -2.26. The van der Waals surface area contributed by atoms with Crippen molar-refractivity contribution in [2.45, 2.75) is 32.9 Å². The van der Waals surface area contributed by atoms with Crippen LogP contribution >= 0.6 is 0 Å². The molecule has 2 atom stereocenters. The molecule has 3 rings (SSSR count). The van der Waals surface area contributed by atoms with Crippen molar-refractivity contribution in [1.82, 2.24) is 20.2 Å². The summed E-state index contributed by atoms with van der Waals surface area (Å²) >= 11 is 0. The Hall–Kier alpha value is -3.68. The Labute approximate surface area is 193 Å². The van der Waals surface area contributed by atoms with Crippen molar-refractivity contribution in [1.29, 1.82) is 0 Å².